The number of rotatable bonds is 5. The Balaban J connectivity index is 2.17. The van der Waals surface area contributed by atoms with Gasteiger partial charge in [0.05, 0.1) is 6.61 Å². The van der Waals surface area contributed by atoms with Gasteiger partial charge in [0.25, 0.3) is 0 Å². The van der Waals surface area contributed by atoms with E-state index in [1.165, 1.54) is 0 Å². The molecule has 102 valence electrons. The molecule has 2 rings (SSSR count). The number of para-hydroxylation sites is 1. The summed E-state index contributed by atoms with van der Waals surface area (Å²) in [7, 11) is 0. The van der Waals surface area contributed by atoms with Crippen LogP contribution in [-0.2, 0) is 0 Å². The summed E-state index contributed by atoms with van der Waals surface area (Å²) in [5.41, 5.74) is 1.57. The Morgan fingerprint density at radius 2 is 1.85 bits per heavy atom. The van der Waals surface area contributed by atoms with Crippen LogP contribution in [0.5, 0.6) is 5.75 Å². The summed E-state index contributed by atoms with van der Waals surface area (Å²) in [6, 6.07) is 15.0. The molecule has 0 saturated heterocycles. The predicted octanol–water partition coefficient (Wildman–Crippen LogP) is 4.74. The lowest BCUT2D eigenvalue weighted by Crippen LogP contribution is -1.95. The number of ketones is 1. The number of benzene rings is 2. The zero-order valence-corrected chi connectivity index (χ0v) is 12.8. The fourth-order valence-electron chi connectivity index (χ4n) is 1.78. The topological polar surface area (TPSA) is 26.3 Å². The van der Waals surface area contributed by atoms with Gasteiger partial charge in [0.1, 0.15) is 5.75 Å². The molecule has 0 bridgehead atoms. The van der Waals surface area contributed by atoms with Crippen LogP contribution in [0.15, 0.2) is 59.1 Å². The van der Waals surface area contributed by atoms with Gasteiger partial charge < -0.3 is 4.74 Å². The van der Waals surface area contributed by atoms with E-state index in [1.807, 2.05) is 43.3 Å². The largest absolute Gasteiger partial charge is 0.493 e. The molecule has 0 spiro atoms. The molecule has 0 aromatic heterocycles. The van der Waals surface area contributed by atoms with Gasteiger partial charge in [-0.05, 0) is 49.4 Å². The van der Waals surface area contributed by atoms with Gasteiger partial charge in [-0.2, -0.15) is 0 Å². The third-order valence-electron chi connectivity index (χ3n) is 2.76. The van der Waals surface area contributed by atoms with Gasteiger partial charge in [-0.1, -0.05) is 34.1 Å². The van der Waals surface area contributed by atoms with Gasteiger partial charge >= 0.3 is 0 Å². The molecule has 0 aliphatic carbocycles. The van der Waals surface area contributed by atoms with Gasteiger partial charge in [0.15, 0.2) is 5.78 Å². The number of allylic oxidation sites excluding steroid dienone is 1. The van der Waals surface area contributed by atoms with Crippen molar-refractivity contribution in [2.75, 3.05) is 6.61 Å². The first-order valence-electron chi connectivity index (χ1n) is 6.40. The average molecular weight is 331 g/mol. The number of halogens is 1. The Bertz CT molecular complexity index is 615. The second-order valence-corrected chi connectivity index (χ2v) is 5.09. The number of carbonyl (C=O) groups is 1. The molecule has 3 heteroatoms. The van der Waals surface area contributed by atoms with Crippen LogP contribution in [0.2, 0.25) is 0 Å². The molecular formula is C17H15BrO2. The summed E-state index contributed by atoms with van der Waals surface area (Å²) in [4.78, 5) is 12.1. The zero-order valence-electron chi connectivity index (χ0n) is 11.2. The summed E-state index contributed by atoms with van der Waals surface area (Å²) in [5, 5.41) is 0. The Hall–Kier alpha value is -1.87. The zero-order chi connectivity index (χ0) is 14.4. The van der Waals surface area contributed by atoms with Gasteiger partial charge in [0.2, 0.25) is 0 Å². The Morgan fingerprint density at radius 3 is 2.55 bits per heavy atom. The first-order chi connectivity index (χ1) is 9.70. The van der Waals surface area contributed by atoms with E-state index in [9.17, 15) is 4.79 Å². The maximum atomic E-state index is 12.1. The minimum atomic E-state index is -0.0243. The summed E-state index contributed by atoms with van der Waals surface area (Å²) in [6.45, 7) is 2.54. The Morgan fingerprint density at radius 1 is 1.15 bits per heavy atom. The van der Waals surface area contributed by atoms with Crippen LogP contribution in [0.3, 0.4) is 0 Å². The standard InChI is InChI=1S/C17H15BrO2/c1-2-20-17-6-4-3-5-14(17)9-12-16(19)13-7-10-15(18)11-8-13/h3-12H,2H2,1H3. The molecular weight excluding hydrogens is 316 g/mol. The Kier molecular flexibility index (Phi) is 5.13. The van der Waals surface area contributed by atoms with E-state index in [0.29, 0.717) is 12.2 Å². The average Bonchev–Trinajstić information content (AvgIpc) is 2.47. The van der Waals surface area contributed by atoms with Crippen molar-refractivity contribution in [3.05, 3.63) is 70.2 Å². The number of carbonyl (C=O) groups excluding carboxylic acids is 1. The lowest BCUT2D eigenvalue weighted by atomic mass is 10.1. The minimum absolute atomic E-state index is 0.0243. The van der Waals surface area contributed by atoms with E-state index in [2.05, 4.69) is 15.9 Å². The summed E-state index contributed by atoms with van der Waals surface area (Å²) < 4.78 is 6.48. The molecule has 2 aromatic rings. The molecule has 0 heterocycles. The lowest BCUT2D eigenvalue weighted by molar-refractivity contribution is 0.104. The summed E-state index contributed by atoms with van der Waals surface area (Å²) in [6.07, 6.45) is 3.36. The second kappa shape index (κ2) is 7.06. The monoisotopic (exact) mass is 330 g/mol. The van der Waals surface area contributed by atoms with Crippen LogP contribution < -0.4 is 4.74 Å². The molecule has 0 atom stereocenters. The van der Waals surface area contributed by atoms with E-state index in [1.54, 1.807) is 24.3 Å². The molecule has 0 aliphatic heterocycles. The van der Waals surface area contributed by atoms with E-state index < -0.39 is 0 Å². The molecule has 0 N–H and O–H groups in total. The van der Waals surface area contributed by atoms with Crippen molar-refractivity contribution in [3.63, 3.8) is 0 Å². The maximum absolute atomic E-state index is 12.1. The molecule has 0 aliphatic rings. The van der Waals surface area contributed by atoms with E-state index in [4.69, 9.17) is 4.74 Å². The van der Waals surface area contributed by atoms with Crippen molar-refractivity contribution in [3.8, 4) is 5.75 Å². The van der Waals surface area contributed by atoms with E-state index in [-0.39, 0.29) is 5.78 Å². The first-order valence-corrected chi connectivity index (χ1v) is 7.20. The van der Waals surface area contributed by atoms with Crippen molar-refractivity contribution < 1.29 is 9.53 Å². The molecule has 2 aromatic carbocycles. The van der Waals surface area contributed by atoms with E-state index in [0.717, 1.165) is 15.8 Å². The quantitative estimate of drug-likeness (QED) is 0.584. The highest BCUT2D eigenvalue weighted by Gasteiger charge is 2.03. The highest BCUT2D eigenvalue weighted by molar-refractivity contribution is 9.10. The molecule has 20 heavy (non-hydrogen) atoms. The molecule has 0 unspecified atom stereocenters. The van der Waals surface area contributed by atoms with Gasteiger partial charge in [-0.25, -0.2) is 0 Å². The van der Waals surface area contributed by atoms with Crippen molar-refractivity contribution in [1.29, 1.82) is 0 Å². The van der Waals surface area contributed by atoms with Crippen molar-refractivity contribution in [1.82, 2.24) is 0 Å². The summed E-state index contributed by atoms with van der Waals surface area (Å²) >= 11 is 3.35. The van der Waals surface area contributed by atoms with Crippen LogP contribution in [0, 0.1) is 0 Å². The first kappa shape index (κ1) is 14.5. The third-order valence-corrected chi connectivity index (χ3v) is 3.29. The highest BCUT2D eigenvalue weighted by Crippen LogP contribution is 2.20. The normalized spacial score (nSPS) is 10.7. The van der Waals surface area contributed by atoms with Crippen LogP contribution in [0.1, 0.15) is 22.8 Å². The molecule has 0 saturated carbocycles. The number of ether oxygens (including phenoxy) is 1. The van der Waals surface area contributed by atoms with Crippen LogP contribution in [0.4, 0.5) is 0 Å². The number of hydrogen-bond acceptors (Lipinski definition) is 2. The maximum Gasteiger partial charge on any atom is 0.185 e. The SMILES string of the molecule is CCOc1ccccc1C=CC(=O)c1ccc(Br)cc1. The Labute approximate surface area is 127 Å². The predicted molar refractivity (Wildman–Crippen MR) is 85.1 cm³/mol. The molecule has 0 fully saturated rings. The van der Waals surface area contributed by atoms with Crippen LogP contribution in [-0.4, -0.2) is 12.4 Å². The van der Waals surface area contributed by atoms with Crippen molar-refractivity contribution in [2.45, 2.75) is 6.92 Å². The second-order valence-electron chi connectivity index (χ2n) is 4.18. The molecule has 0 amide bonds. The third kappa shape index (κ3) is 3.81. The van der Waals surface area contributed by atoms with Crippen LogP contribution in [0.25, 0.3) is 6.08 Å². The van der Waals surface area contributed by atoms with Crippen molar-refractivity contribution in [2.24, 2.45) is 0 Å². The van der Waals surface area contributed by atoms with Gasteiger partial charge in [-0.3, -0.25) is 4.79 Å². The fourth-order valence-corrected chi connectivity index (χ4v) is 2.05. The molecule has 2 nitrogen and oxygen atoms in total. The number of hydrogen-bond donors (Lipinski definition) is 0. The fraction of sp³-hybridized carbons (Fsp3) is 0.118. The van der Waals surface area contributed by atoms with Crippen LogP contribution >= 0.6 is 15.9 Å². The molecule has 0 radical (unpaired) electrons. The smallest absolute Gasteiger partial charge is 0.185 e. The highest BCUT2D eigenvalue weighted by atomic mass is 79.9. The van der Waals surface area contributed by atoms with Gasteiger partial charge in [-0.15, -0.1) is 0 Å². The van der Waals surface area contributed by atoms with E-state index >= 15 is 0 Å². The van der Waals surface area contributed by atoms with Gasteiger partial charge in [0, 0.05) is 15.6 Å². The van der Waals surface area contributed by atoms with Crippen molar-refractivity contribution >= 4 is 27.8 Å². The lowest BCUT2D eigenvalue weighted by Gasteiger charge is -2.06. The minimum Gasteiger partial charge on any atom is -0.493 e. The summed E-state index contributed by atoms with van der Waals surface area (Å²) in [5.74, 6) is 0.763.